The van der Waals surface area contributed by atoms with Gasteiger partial charge in [0, 0.05) is 19.6 Å². The van der Waals surface area contributed by atoms with Gasteiger partial charge in [0.25, 0.3) is 0 Å². The number of nitrogens with one attached hydrogen (secondary N) is 2. The summed E-state index contributed by atoms with van der Waals surface area (Å²) in [5.41, 5.74) is 1.13. The van der Waals surface area contributed by atoms with Crippen molar-refractivity contribution in [2.75, 3.05) is 7.05 Å². The molecular weight excluding hydrogens is 324 g/mol. The lowest BCUT2D eigenvalue weighted by atomic mass is 9.89. The van der Waals surface area contributed by atoms with Crippen molar-refractivity contribution in [3.05, 3.63) is 29.8 Å². The van der Waals surface area contributed by atoms with Gasteiger partial charge in [0.05, 0.1) is 4.90 Å². The Labute approximate surface area is 146 Å². The Hall–Kier alpha value is -1.60. The normalized spacial score (nSPS) is 14.3. The van der Waals surface area contributed by atoms with Gasteiger partial charge in [-0.05, 0) is 42.9 Å². The van der Waals surface area contributed by atoms with Crippen LogP contribution in [0.5, 0.6) is 0 Å². The Morgan fingerprint density at radius 1 is 1.33 bits per heavy atom. The zero-order valence-corrected chi connectivity index (χ0v) is 16.1. The summed E-state index contributed by atoms with van der Waals surface area (Å²) in [6, 6.07) is 6.88. The molecule has 7 heteroatoms. The Morgan fingerprint density at radius 3 is 2.54 bits per heavy atom. The van der Waals surface area contributed by atoms with Crippen LogP contribution < -0.4 is 15.8 Å². The van der Waals surface area contributed by atoms with Crippen LogP contribution in [0, 0.1) is 5.41 Å². The van der Waals surface area contributed by atoms with E-state index in [0.717, 1.165) is 18.4 Å². The van der Waals surface area contributed by atoms with Crippen LogP contribution in [0.25, 0.3) is 0 Å². The van der Waals surface area contributed by atoms with Crippen molar-refractivity contribution in [1.29, 1.82) is 0 Å². The molecule has 0 saturated carbocycles. The number of benzene rings is 1. The maximum Gasteiger partial charge on any atom is 0.238 e. The van der Waals surface area contributed by atoms with E-state index >= 15 is 0 Å². The van der Waals surface area contributed by atoms with Crippen LogP contribution in [0.1, 0.15) is 46.1 Å². The summed E-state index contributed by atoms with van der Waals surface area (Å²) >= 11 is 0. The zero-order chi connectivity index (χ0) is 18.4. The Bertz CT molecular complexity index is 663. The van der Waals surface area contributed by atoms with Gasteiger partial charge in [-0.3, -0.25) is 4.99 Å². The van der Waals surface area contributed by atoms with E-state index in [-0.39, 0.29) is 4.90 Å². The number of primary sulfonamides is 1. The van der Waals surface area contributed by atoms with Crippen LogP contribution in [0.2, 0.25) is 0 Å². The van der Waals surface area contributed by atoms with E-state index < -0.39 is 10.0 Å². The third-order valence-electron chi connectivity index (χ3n) is 3.62. The van der Waals surface area contributed by atoms with Crippen molar-refractivity contribution in [3.63, 3.8) is 0 Å². The molecular formula is C17H30N4O2S. The molecule has 1 aromatic carbocycles. The summed E-state index contributed by atoms with van der Waals surface area (Å²) in [4.78, 5) is 4.32. The van der Waals surface area contributed by atoms with Crippen LogP contribution in [0.3, 0.4) is 0 Å². The topological polar surface area (TPSA) is 96.6 Å². The van der Waals surface area contributed by atoms with Gasteiger partial charge < -0.3 is 10.6 Å². The van der Waals surface area contributed by atoms with Gasteiger partial charge in [-0.25, -0.2) is 13.6 Å². The van der Waals surface area contributed by atoms with E-state index in [1.54, 1.807) is 19.2 Å². The highest BCUT2D eigenvalue weighted by atomic mass is 32.2. The van der Waals surface area contributed by atoms with Crippen molar-refractivity contribution in [3.8, 4) is 0 Å². The summed E-state index contributed by atoms with van der Waals surface area (Å²) < 4.78 is 22.8. The highest BCUT2D eigenvalue weighted by Crippen LogP contribution is 2.21. The number of aliphatic imine (C=N–C) groups is 1. The van der Waals surface area contributed by atoms with Crippen LogP contribution in [-0.2, 0) is 16.6 Å². The summed E-state index contributed by atoms with van der Waals surface area (Å²) in [5.74, 6) is 0.692. The number of guanidine groups is 1. The van der Waals surface area contributed by atoms with Gasteiger partial charge >= 0.3 is 0 Å². The molecule has 4 N–H and O–H groups in total. The number of nitrogens with two attached hydrogens (primary N) is 1. The standard InChI is InChI=1S/C17H30N4O2S/c1-13(9-10-17(2,3)4)21-16(19-5)20-12-14-7-6-8-15(11-14)24(18,22)23/h6-8,11,13H,9-10,12H2,1-5H3,(H2,18,22,23)(H2,19,20,21). The highest BCUT2D eigenvalue weighted by Gasteiger charge is 2.13. The van der Waals surface area contributed by atoms with Gasteiger partial charge in [0.2, 0.25) is 10.0 Å². The molecule has 136 valence electrons. The molecule has 1 rings (SSSR count). The maximum atomic E-state index is 11.4. The number of hydrogen-bond acceptors (Lipinski definition) is 3. The predicted octanol–water partition coefficient (Wildman–Crippen LogP) is 2.21. The first-order valence-electron chi connectivity index (χ1n) is 8.10. The van der Waals surface area contributed by atoms with Crippen molar-refractivity contribution in [2.45, 2.75) is 58.0 Å². The summed E-state index contributed by atoms with van der Waals surface area (Å²) in [6.07, 6.45) is 2.17. The molecule has 0 radical (unpaired) electrons. The molecule has 6 nitrogen and oxygen atoms in total. The molecule has 0 aromatic heterocycles. The monoisotopic (exact) mass is 354 g/mol. The van der Waals surface area contributed by atoms with Crippen LogP contribution in [0.4, 0.5) is 0 Å². The molecule has 24 heavy (non-hydrogen) atoms. The third kappa shape index (κ3) is 7.79. The van der Waals surface area contributed by atoms with Crippen molar-refractivity contribution in [1.82, 2.24) is 10.6 Å². The number of nitrogens with zero attached hydrogens (tertiary/aromatic N) is 1. The second-order valence-corrected chi connectivity index (χ2v) is 8.82. The van der Waals surface area contributed by atoms with E-state index in [4.69, 9.17) is 5.14 Å². The quantitative estimate of drug-likeness (QED) is 0.539. The second kappa shape index (κ2) is 8.48. The predicted molar refractivity (Wildman–Crippen MR) is 99.3 cm³/mol. The molecule has 1 atom stereocenters. The summed E-state index contributed by atoms with van der Waals surface area (Å²) in [6.45, 7) is 9.27. The minimum Gasteiger partial charge on any atom is -0.354 e. The molecule has 0 saturated heterocycles. The van der Waals surface area contributed by atoms with E-state index in [2.05, 4.69) is 43.3 Å². The second-order valence-electron chi connectivity index (χ2n) is 7.26. The lowest BCUT2D eigenvalue weighted by Crippen LogP contribution is -2.42. The molecule has 0 heterocycles. The minimum absolute atomic E-state index is 0.114. The number of rotatable bonds is 6. The van der Waals surface area contributed by atoms with Crippen LogP contribution in [0.15, 0.2) is 34.2 Å². The molecule has 1 unspecified atom stereocenters. The Morgan fingerprint density at radius 2 is 2.00 bits per heavy atom. The summed E-state index contributed by atoms with van der Waals surface area (Å²) in [7, 11) is -1.97. The van der Waals surface area contributed by atoms with E-state index in [1.807, 2.05) is 6.07 Å². The first kappa shape index (κ1) is 20.4. The Kier molecular flexibility index (Phi) is 7.23. The van der Waals surface area contributed by atoms with Crippen molar-refractivity contribution < 1.29 is 8.42 Å². The summed E-state index contributed by atoms with van der Waals surface area (Å²) in [5, 5.41) is 11.7. The third-order valence-corrected chi connectivity index (χ3v) is 4.53. The van der Waals surface area contributed by atoms with E-state index in [0.29, 0.717) is 24.0 Å². The van der Waals surface area contributed by atoms with Gasteiger partial charge in [0.1, 0.15) is 0 Å². The first-order valence-corrected chi connectivity index (χ1v) is 9.65. The molecule has 0 spiro atoms. The lowest BCUT2D eigenvalue weighted by molar-refractivity contribution is 0.346. The van der Waals surface area contributed by atoms with E-state index in [9.17, 15) is 8.42 Å². The van der Waals surface area contributed by atoms with Gasteiger partial charge in [-0.1, -0.05) is 32.9 Å². The molecule has 0 aliphatic carbocycles. The van der Waals surface area contributed by atoms with Gasteiger partial charge in [0.15, 0.2) is 5.96 Å². The number of hydrogen-bond donors (Lipinski definition) is 3. The molecule has 1 aromatic rings. The molecule has 0 bridgehead atoms. The smallest absolute Gasteiger partial charge is 0.238 e. The SMILES string of the molecule is CN=C(NCc1cccc(S(N)(=O)=O)c1)NC(C)CCC(C)(C)C. The van der Waals surface area contributed by atoms with Crippen LogP contribution >= 0.6 is 0 Å². The van der Waals surface area contributed by atoms with E-state index in [1.165, 1.54) is 6.07 Å². The molecule has 0 amide bonds. The largest absolute Gasteiger partial charge is 0.354 e. The van der Waals surface area contributed by atoms with Crippen molar-refractivity contribution in [2.24, 2.45) is 15.5 Å². The molecule has 0 aliphatic heterocycles. The highest BCUT2D eigenvalue weighted by molar-refractivity contribution is 7.89. The molecule has 0 fully saturated rings. The average molecular weight is 355 g/mol. The van der Waals surface area contributed by atoms with Crippen molar-refractivity contribution >= 4 is 16.0 Å². The lowest BCUT2D eigenvalue weighted by Gasteiger charge is -2.23. The van der Waals surface area contributed by atoms with Gasteiger partial charge in [-0.15, -0.1) is 0 Å². The van der Waals surface area contributed by atoms with Gasteiger partial charge in [-0.2, -0.15) is 0 Å². The van der Waals surface area contributed by atoms with Crippen LogP contribution in [-0.4, -0.2) is 27.5 Å². The maximum absolute atomic E-state index is 11.4. The fraction of sp³-hybridized carbons (Fsp3) is 0.588. The first-order chi connectivity index (χ1) is 11.0. The number of sulfonamides is 1. The minimum atomic E-state index is -3.68. The fourth-order valence-corrected chi connectivity index (χ4v) is 2.75. The zero-order valence-electron chi connectivity index (χ0n) is 15.3. The fourth-order valence-electron chi connectivity index (χ4n) is 2.17. The Balaban J connectivity index is 2.59. The molecule has 0 aliphatic rings. The average Bonchev–Trinajstić information content (AvgIpc) is 2.48.